The van der Waals surface area contributed by atoms with Crippen molar-refractivity contribution in [2.75, 3.05) is 26.2 Å². The molecule has 0 aromatic heterocycles. The van der Waals surface area contributed by atoms with Gasteiger partial charge < -0.3 is 5.32 Å². The Bertz CT molecular complexity index is 795. The fraction of sp³-hybridized carbons (Fsp3) is 0.625. The zero-order valence-corrected chi connectivity index (χ0v) is 17.8. The first kappa shape index (κ1) is 23.3. The van der Waals surface area contributed by atoms with Crippen LogP contribution in [0.4, 0.5) is 0 Å². The third-order valence-electron chi connectivity index (χ3n) is 4.55. The van der Waals surface area contributed by atoms with Crippen LogP contribution in [0.5, 0.6) is 0 Å². The summed E-state index contributed by atoms with van der Waals surface area (Å²) < 4.78 is 54.7. The van der Waals surface area contributed by atoms with Crippen molar-refractivity contribution >= 4 is 32.5 Å². The number of nitrogens with zero attached hydrogens (tertiary/aromatic N) is 1. The molecule has 1 aliphatic heterocycles. The van der Waals surface area contributed by atoms with Crippen LogP contribution in [0.3, 0.4) is 0 Å². The van der Waals surface area contributed by atoms with Crippen molar-refractivity contribution in [3.8, 4) is 0 Å². The van der Waals surface area contributed by atoms with Crippen molar-refractivity contribution in [2.45, 2.75) is 43.0 Å². The molecule has 2 N–H and O–H groups in total. The summed E-state index contributed by atoms with van der Waals surface area (Å²) in [5.41, 5.74) is 0. The number of hydrogen-bond acceptors (Lipinski definition) is 5. The van der Waals surface area contributed by atoms with E-state index in [9.17, 15) is 16.8 Å². The van der Waals surface area contributed by atoms with Gasteiger partial charge in [-0.1, -0.05) is 26.8 Å². The van der Waals surface area contributed by atoms with Crippen LogP contribution in [0.1, 0.15) is 27.2 Å². The lowest BCUT2D eigenvalue weighted by molar-refractivity contribution is 0.328. The van der Waals surface area contributed by atoms with Crippen LogP contribution in [0.2, 0.25) is 0 Å². The van der Waals surface area contributed by atoms with Crippen LogP contribution in [-0.4, -0.2) is 53.4 Å². The molecule has 1 saturated heterocycles. The molecule has 0 amide bonds. The highest BCUT2D eigenvalue weighted by atomic mass is 35.5. The molecule has 0 spiro atoms. The highest BCUT2D eigenvalue weighted by Gasteiger charge is 2.28. The molecule has 1 aliphatic rings. The molecule has 1 aromatic carbocycles. The lowest BCUT2D eigenvalue weighted by Crippen LogP contribution is -2.48. The Morgan fingerprint density at radius 2 is 1.77 bits per heavy atom. The molecule has 1 fully saturated rings. The molecule has 1 heterocycles. The molecule has 0 aliphatic carbocycles. The van der Waals surface area contributed by atoms with Gasteiger partial charge in [-0.2, -0.15) is 4.31 Å². The summed E-state index contributed by atoms with van der Waals surface area (Å²) >= 11 is 0. The van der Waals surface area contributed by atoms with Crippen molar-refractivity contribution in [3.63, 3.8) is 0 Å². The number of rotatable bonds is 7. The van der Waals surface area contributed by atoms with Gasteiger partial charge in [0.15, 0.2) is 0 Å². The van der Waals surface area contributed by atoms with E-state index in [4.69, 9.17) is 0 Å². The highest BCUT2D eigenvalue weighted by Crippen LogP contribution is 2.21. The molecule has 0 saturated carbocycles. The molecule has 1 aromatic rings. The molecular weight excluding hydrogens is 398 g/mol. The summed E-state index contributed by atoms with van der Waals surface area (Å²) in [6.07, 6.45) is 0.706. The molecule has 2 unspecified atom stereocenters. The van der Waals surface area contributed by atoms with Gasteiger partial charge in [0.05, 0.1) is 9.79 Å². The second kappa shape index (κ2) is 9.48. The van der Waals surface area contributed by atoms with E-state index in [0.29, 0.717) is 19.5 Å². The van der Waals surface area contributed by atoms with Crippen LogP contribution in [-0.2, 0) is 20.0 Å². The largest absolute Gasteiger partial charge is 0.316 e. The first-order valence-electron chi connectivity index (χ1n) is 8.55. The Kier molecular flexibility index (Phi) is 8.50. The molecule has 2 atom stereocenters. The van der Waals surface area contributed by atoms with Gasteiger partial charge in [0.25, 0.3) is 0 Å². The number of sulfonamides is 2. The molecule has 2 rings (SSSR count). The zero-order chi connectivity index (χ0) is 18.7. The summed E-state index contributed by atoms with van der Waals surface area (Å²) in [4.78, 5) is -0.0242. The van der Waals surface area contributed by atoms with Crippen LogP contribution >= 0.6 is 12.4 Å². The van der Waals surface area contributed by atoms with Gasteiger partial charge >= 0.3 is 0 Å². The Morgan fingerprint density at radius 1 is 1.15 bits per heavy atom. The Hall–Kier alpha value is -0.710. The summed E-state index contributed by atoms with van der Waals surface area (Å²) in [5, 5.41) is 3.22. The number of halogens is 1. The zero-order valence-electron chi connectivity index (χ0n) is 15.3. The summed E-state index contributed by atoms with van der Waals surface area (Å²) in [5.74, 6) is 0.172. The smallest absolute Gasteiger partial charge is 0.243 e. The topological polar surface area (TPSA) is 95.6 Å². The summed E-state index contributed by atoms with van der Waals surface area (Å²) in [6.45, 7) is 7.67. The first-order chi connectivity index (χ1) is 11.7. The van der Waals surface area contributed by atoms with Gasteiger partial charge in [-0.25, -0.2) is 21.6 Å². The number of hydrogen-bond donors (Lipinski definition) is 2. The van der Waals surface area contributed by atoms with Crippen LogP contribution in [0.15, 0.2) is 34.1 Å². The van der Waals surface area contributed by atoms with E-state index in [1.165, 1.54) is 28.6 Å². The Morgan fingerprint density at radius 3 is 2.35 bits per heavy atom. The molecule has 10 heteroatoms. The summed E-state index contributed by atoms with van der Waals surface area (Å²) in [7, 11) is -7.47. The lowest BCUT2D eigenvalue weighted by atomic mass is 9.97. The van der Waals surface area contributed by atoms with E-state index in [-0.39, 0.29) is 34.2 Å². The number of nitrogens with one attached hydrogen (secondary N) is 2. The second-order valence-electron chi connectivity index (χ2n) is 6.26. The maximum absolute atomic E-state index is 12.7. The minimum absolute atomic E-state index is 0. The van der Waals surface area contributed by atoms with E-state index < -0.39 is 20.0 Å². The minimum Gasteiger partial charge on any atom is -0.316 e. The minimum atomic E-state index is -3.78. The lowest BCUT2D eigenvalue weighted by Gasteiger charge is -2.30. The number of piperidine rings is 1. The van der Waals surface area contributed by atoms with Crippen molar-refractivity contribution in [3.05, 3.63) is 24.3 Å². The van der Waals surface area contributed by atoms with Crippen molar-refractivity contribution in [2.24, 2.45) is 5.92 Å². The van der Waals surface area contributed by atoms with Gasteiger partial charge in [-0.3, -0.25) is 0 Å². The van der Waals surface area contributed by atoms with Gasteiger partial charge in [-0.05, 0) is 43.6 Å². The molecule has 0 radical (unpaired) electrons. The first-order valence-corrected chi connectivity index (χ1v) is 11.5. The maximum atomic E-state index is 12.7. The average molecular weight is 426 g/mol. The Labute approximate surface area is 163 Å². The fourth-order valence-corrected chi connectivity index (χ4v) is 5.97. The monoisotopic (exact) mass is 425 g/mol. The van der Waals surface area contributed by atoms with Gasteiger partial charge in [0, 0.05) is 19.1 Å². The van der Waals surface area contributed by atoms with Gasteiger partial charge in [0.2, 0.25) is 20.0 Å². The van der Waals surface area contributed by atoms with Crippen LogP contribution < -0.4 is 10.0 Å². The molecule has 7 nitrogen and oxygen atoms in total. The fourth-order valence-electron chi connectivity index (χ4n) is 2.97. The van der Waals surface area contributed by atoms with Crippen molar-refractivity contribution in [1.29, 1.82) is 0 Å². The predicted octanol–water partition coefficient (Wildman–Crippen LogP) is 1.42. The Balaban J connectivity index is 0.00000338. The predicted molar refractivity (Wildman–Crippen MR) is 105 cm³/mol. The molecular formula is C16H28ClN3O4S2. The van der Waals surface area contributed by atoms with Crippen LogP contribution in [0.25, 0.3) is 0 Å². The third-order valence-corrected chi connectivity index (χ3v) is 8.08. The molecule has 150 valence electrons. The van der Waals surface area contributed by atoms with E-state index in [0.717, 1.165) is 13.1 Å². The normalized spacial score (nSPS) is 21.4. The van der Waals surface area contributed by atoms with E-state index in [1.54, 1.807) is 13.8 Å². The molecule has 0 bridgehead atoms. The summed E-state index contributed by atoms with van der Waals surface area (Å²) in [6, 6.07) is 5.41. The van der Waals surface area contributed by atoms with E-state index >= 15 is 0 Å². The standard InChI is InChI=1S/C16H27N3O4S2.ClH/c1-4-19(5-2)25(22,23)15-8-6-7-14(11-15)24(20,21)18-16-9-10-17-12-13(16)3;/h6-8,11,13,16-18H,4-5,9-10,12H2,1-3H3;1H. The third kappa shape index (κ3) is 5.17. The van der Waals surface area contributed by atoms with Gasteiger partial charge in [-0.15, -0.1) is 12.4 Å². The van der Waals surface area contributed by atoms with Gasteiger partial charge in [0.1, 0.15) is 0 Å². The average Bonchev–Trinajstić information content (AvgIpc) is 2.58. The number of benzene rings is 1. The quantitative estimate of drug-likeness (QED) is 0.688. The maximum Gasteiger partial charge on any atom is 0.243 e. The molecule has 26 heavy (non-hydrogen) atoms. The van der Waals surface area contributed by atoms with E-state index in [1.807, 2.05) is 6.92 Å². The van der Waals surface area contributed by atoms with Crippen molar-refractivity contribution in [1.82, 2.24) is 14.3 Å². The highest BCUT2D eigenvalue weighted by molar-refractivity contribution is 7.90. The van der Waals surface area contributed by atoms with Crippen molar-refractivity contribution < 1.29 is 16.8 Å². The second-order valence-corrected chi connectivity index (χ2v) is 9.91. The van der Waals surface area contributed by atoms with Crippen LogP contribution in [0, 0.1) is 5.92 Å². The van der Waals surface area contributed by atoms with E-state index in [2.05, 4.69) is 10.0 Å². The SMILES string of the molecule is CCN(CC)S(=O)(=O)c1cccc(S(=O)(=O)NC2CCNCC2C)c1.Cl.